The quantitative estimate of drug-likeness (QED) is 0.787. The van der Waals surface area contributed by atoms with Gasteiger partial charge in [-0.25, -0.2) is 0 Å². The number of aromatic nitrogens is 3. The van der Waals surface area contributed by atoms with E-state index in [1.807, 2.05) is 32.4 Å². The lowest BCUT2D eigenvalue weighted by atomic mass is 10.0. The average Bonchev–Trinajstić information content (AvgIpc) is 2.63. The predicted molar refractivity (Wildman–Crippen MR) is 73.9 cm³/mol. The Morgan fingerprint density at radius 1 is 1.37 bits per heavy atom. The number of nitrogens with zero attached hydrogens (tertiary/aromatic N) is 3. The number of aryl methyl sites for hydroxylation is 1. The lowest BCUT2D eigenvalue weighted by molar-refractivity contribution is -0.126. The zero-order valence-corrected chi connectivity index (χ0v) is 12.7. The van der Waals surface area contributed by atoms with Crippen LogP contribution in [-0.4, -0.2) is 38.2 Å². The smallest absolute Gasteiger partial charge is 0.231 e. The number of Topliss-reactive ketones (excluding diaryl/α,β-unsaturated/α-hetero) is 1. The third-order valence-corrected chi connectivity index (χ3v) is 3.83. The normalized spacial score (nSPS) is 12.5. The van der Waals surface area contributed by atoms with Gasteiger partial charge in [-0.3, -0.25) is 9.59 Å². The summed E-state index contributed by atoms with van der Waals surface area (Å²) in [6, 6.07) is -0.422. The second kappa shape index (κ2) is 6.70. The van der Waals surface area contributed by atoms with Gasteiger partial charge in [0.05, 0.1) is 11.8 Å². The topological polar surface area (TPSA) is 76.9 Å². The molecule has 0 radical (unpaired) electrons. The van der Waals surface area contributed by atoms with E-state index in [1.165, 1.54) is 18.7 Å². The zero-order chi connectivity index (χ0) is 14.6. The lowest BCUT2D eigenvalue weighted by Gasteiger charge is -2.19. The second-order valence-corrected chi connectivity index (χ2v) is 5.72. The van der Waals surface area contributed by atoms with Crippen molar-refractivity contribution in [1.82, 2.24) is 20.1 Å². The number of hydrogen-bond acceptors (Lipinski definition) is 5. The van der Waals surface area contributed by atoms with Crippen molar-refractivity contribution in [1.29, 1.82) is 0 Å². The van der Waals surface area contributed by atoms with Crippen molar-refractivity contribution in [3.05, 3.63) is 5.82 Å². The van der Waals surface area contributed by atoms with Crippen molar-refractivity contribution in [2.24, 2.45) is 13.0 Å². The standard InChI is InChI=1S/C12H20N4O2S/c1-7(2)11(8(3)17)13-10(18)6-19-12-15-14-9(4)16(12)5/h7,11H,6H2,1-5H3,(H,13,18). The number of hydrogen-bond donors (Lipinski definition) is 1. The Morgan fingerprint density at radius 2 is 2.00 bits per heavy atom. The molecule has 1 atom stereocenters. The molecule has 0 bridgehead atoms. The first-order valence-electron chi connectivity index (χ1n) is 6.11. The Balaban J connectivity index is 2.52. The van der Waals surface area contributed by atoms with E-state index in [0.29, 0.717) is 5.16 Å². The van der Waals surface area contributed by atoms with Gasteiger partial charge in [0.15, 0.2) is 10.9 Å². The molecule has 0 saturated carbocycles. The van der Waals surface area contributed by atoms with Crippen molar-refractivity contribution in [3.8, 4) is 0 Å². The molecule has 0 fully saturated rings. The maximum Gasteiger partial charge on any atom is 0.231 e. The molecule has 106 valence electrons. The highest BCUT2D eigenvalue weighted by Gasteiger charge is 2.20. The molecule has 19 heavy (non-hydrogen) atoms. The Kier molecular flexibility index (Phi) is 5.53. The van der Waals surface area contributed by atoms with E-state index in [4.69, 9.17) is 0 Å². The molecular formula is C12H20N4O2S. The molecule has 7 heteroatoms. The summed E-state index contributed by atoms with van der Waals surface area (Å²) >= 11 is 1.31. The van der Waals surface area contributed by atoms with Crippen LogP contribution in [0.4, 0.5) is 0 Å². The molecule has 0 aromatic carbocycles. The molecule has 0 aliphatic heterocycles. The number of carbonyl (C=O) groups excluding carboxylic acids is 2. The summed E-state index contributed by atoms with van der Waals surface area (Å²) < 4.78 is 1.82. The van der Waals surface area contributed by atoms with Gasteiger partial charge >= 0.3 is 0 Å². The van der Waals surface area contributed by atoms with E-state index in [0.717, 1.165) is 5.82 Å². The van der Waals surface area contributed by atoms with E-state index in [2.05, 4.69) is 15.5 Å². The summed E-state index contributed by atoms with van der Waals surface area (Å²) in [5.41, 5.74) is 0. The van der Waals surface area contributed by atoms with E-state index in [-0.39, 0.29) is 23.4 Å². The number of rotatable bonds is 6. The molecule has 0 spiro atoms. The van der Waals surface area contributed by atoms with Crippen LogP contribution >= 0.6 is 11.8 Å². The molecule has 1 unspecified atom stereocenters. The zero-order valence-electron chi connectivity index (χ0n) is 11.9. The van der Waals surface area contributed by atoms with Gasteiger partial charge in [0.1, 0.15) is 5.82 Å². The van der Waals surface area contributed by atoms with Crippen LogP contribution in [-0.2, 0) is 16.6 Å². The molecule has 1 rings (SSSR count). The third-order valence-electron chi connectivity index (χ3n) is 2.81. The summed E-state index contributed by atoms with van der Waals surface area (Å²) in [6.45, 7) is 7.16. The molecule has 0 aliphatic rings. The van der Waals surface area contributed by atoms with Crippen LogP contribution in [0.5, 0.6) is 0 Å². The molecule has 1 aromatic rings. The van der Waals surface area contributed by atoms with Crippen LogP contribution in [0.25, 0.3) is 0 Å². The largest absolute Gasteiger partial charge is 0.345 e. The minimum atomic E-state index is -0.422. The Morgan fingerprint density at radius 3 is 2.42 bits per heavy atom. The third kappa shape index (κ3) is 4.34. The van der Waals surface area contributed by atoms with Gasteiger partial charge in [-0.05, 0) is 19.8 Å². The van der Waals surface area contributed by atoms with Gasteiger partial charge in [0.25, 0.3) is 0 Å². The summed E-state index contributed by atoms with van der Waals surface area (Å²) in [6.07, 6.45) is 0. The molecule has 1 amide bonds. The number of ketones is 1. The van der Waals surface area contributed by atoms with E-state index in [9.17, 15) is 9.59 Å². The molecule has 0 saturated heterocycles. The fraction of sp³-hybridized carbons (Fsp3) is 0.667. The van der Waals surface area contributed by atoms with Gasteiger partial charge in [-0.2, -0.15) is 0 Å². The lowest BCUT2D eigenvalue weighted by Crippen LogP contribution is -2.44. The summed E-state index contributed by atoms with van der Waals surface area (Å²) in [5, 5.41) is 11.3. The monoisotopic (exact) mass is 284 g/mol. The molecule has 6 nitrogen and oxygen atoms in total. The molecule has 1 N–H and O–H groups in total. The highest BCUT2D eigenvalue weighted by atomic mass is 32.2. The van der Waals surface area contributed by atoms with Gasteiger partial charge in [0, 0.05) is 7.05 Å². The number of nitrogens with one attached hydrogen (secondary N) is 1. The van der Waals surface area contributed by atoms with Gasteiger partial charge in [-0.15, -0.1) is 10.2 Å². The van der Waals surface area contributed by atoms with Crippen LogP contribution in [0, 0.1) is 12.8 Å². The van der Waals surface area contributed by atoms with Crippen LogP contribution in [0.15, 0.2) is 5.16 Å². The van der Waals surface area contributed by atoms with E-state index in [1.54, 1.807) is 0 Å². The second-order valence-electron chi connectivity index (χ2n) is 4.78. The van der Waals surface area contributed by atoms with Gasteiger partial charge in [0.2, 0.25) is 5.91 Å². The Bertz CT molecular complexity index is 470. The van der Waals surface area contributed by atoms with Crippen LogP contribution in [0.1, 0.15) is 26.6 Å². The van der Waals surface area contributed by atoms with Crippen molar-refractivity contribution in [2.75, 3.05) is 5.75 Å². The maximum absolute atomic E-state index is 11.8. The van der Waals surface area contributed by atoms with Crippen molar-refractivity contribution in [2.45, 2.75) is 38.9 Å². The summed E-state index contributed by atoms with van der Waals surface area (Å²) in [4.78, 5) is 23.2. The van der Waals surface area contributed by atoms with Crippen LogP contribution in [0.3, 0.4) is 0 Å². The van der Waals surface area contributed by atoms with Crippen molar-refractivity contribution >= 4 is 23.5 Å². The van der Waals surface area contributed by atoms with Crippen LogP contribution < -0.4 is 5.32 Å². The Labute approximate surface area is 117 Å². The minimum Gasteiger partial charge on any atom is -0.345 e. The maximum atomic E-state index is 11.8. The Hall–Kier alpha value is -1.37. The molecule has 0 aliphatic carbocycles. The molecular weight excluding hydrogens is 264 g/mol. The highest BCUT2D eigenvalue weighted by molar-refractivity contribution is 7.99. The predicted octanol–water partition coefficient (Wildman–Crippen LogP) is 0.945. The summed E-state index contributed by atoms with van der Waals surface area (Å²) in [5.74, 6) is 0.917. The fourth-order valence-electron chi connectivity index (χ4n) is 1.60. The summed E-state index contributed by atoms with van der Waals surface area (Å²) in [7, 11) is 1.85. The fourth-order valence-corrected chi connectivity index (χ4v) is 2.36. The first kappa shape index (κ1) is 15.7. The minimum absolute atomic E-state index is 0.0251. The van der Waals surface area contributed by atoms with Gasteiger partial charge in [-0.1, -0.05) is 25.6 Å². The number of carbonyl (C=O) groups is 2. The van der Waals surface area contributed by atoms with Crippen LogP contribution in [0.2, 0.25) is 0 Å². The van der Waals surface area contributed by atoms with Gasteiger partial charge < -0.3 is 9.88 Å². The van der Waals surface area contributed by atoms with E-state index >= 15 is 0 Å². The number of thioether (sulfide) groups is 1. The highest BCUT2D eigenvalue weighted by Crippen LogP contribution is 2.15. The first-order chi connectivity index (χ1) is 8.82. The van der Waals surface area contributed by atoms with Crippen molar-refractivity contribution in [3.63, 3.8) is 0 Å². The van der Waals surface area contributed by atoms with Crippen molar-refractivity contribution < 1.29 is 9.59 Å². The SMILES string of the molecule is CC(=O)C(NC(=O)CSc1nnc(C)n1C)C(C)C. The van der Waals surface area contributed by atoms with E-state index < -0.39 is 6.04 Å². The molecule has 1 aromatic heterocycles. The molecule has 1 heterocycles. The average molecular weight is 284 g/mol. The first-order valence-corrected chi connectivity index (χ1v) is 7.10. The number of amides is 1.